The van der Waals surface area contributed by atoms with Crippen LogP contribution in [0.3, 0.4) is 0 Å². The Morgan fingerprint density at radius 2 is 1.96 bits per heavy atom. The number of aromatic nitrogens is 1. The number of para-hydroxylation sites is 1. The Bertz CT molecular complexity index is 710. The lowest BCUT2D eigenvalue weighted by Gasteiger charge is -2.43. The van der Waals surface area contributed by atoms with Gasteiger partial charge in [0, 0.05) is 50.7 Å². The first-order valence-corrected chi connectivity index (χ1v) is 8.81. The Hall–Kier alpha value is -1.65. The van der Waals surface area contributed by atoms with Crippen LogP contribution in [0.1, 0.15) is 42.6 Å². The Morgan fingerprint density at radius 1 is 1.22 bits per heavy atom. The first kappa shape index (κ1) is 14.9. The van der Waals surface area contributed by atoms with Gasteiger partial charge in [-0.15, -0.1) is 0 Å². The van der Waals surface area contributed by atoms with Crippen LogP contribution in [0.4, 0.5) is 0 Å². The van der Waals surface area contributed by atoms with Gasteiger partial charge in [-0.05, 0) is 30.4 Å². The standard InChI is InChI=1S/C19H25N3O/c1-14(23)22-13-17(16-7-2-3-8-18(16)22)19(15-5-4-6-15)21-11-9-20-10-12-21/h2-3,7-8,13,15,19-20H,4-6,9-12H2,1H3/t19-/m0/s1. The van der Waals surface area contributed by atoms with Gasteiger partial charge in [0.1, 0.15) is 0 Å². The third-order valence-electron chi connectivity index (χ3n) is 5.54. The molecule has 1 aromatic heterocycles. The Balaban J connectivity index is 1.81. The summed E-state index contributed by atoms with van der Waals surface area (Å²) < 4.78 is 1.83. The topological polar surface area (TPSA) is 37.3 Å². The van der Waals surface area contributed by atoms with Crippen molar-refractivity contribution in [1.82, 2.24) is 14.8 Å². The molecule has 2 fully saturated rings. The first-order chi connectivity index (χ1) is 11.3. The molecular formula is C19H25N3O. The molecule has 4 nitrogen and oxygen atoms in total. The molecule has 1 aromatic carbocycles. The van der Waals surface area contributed by atoms with Gasteiger partial charge in [0.25, 0.3) is 0 Å². The van der Waals surface area contributed by atoms with E-state index in [4.69, 9.17) is 0 Å². The zero-order valence-corrected chi connectivity index (χ0v) is 13.8. The largest absolute Gasteiger partial charge is 0.314 e. The van der Waals surface area contributed by atoms with Crippen LogP contribution in [0.15, 0.2) is 30.5 Å². The van der Waals surface area contributed by atoms with E-state index in [1.807, 2.05) is 10.6 Å². The molecule has 1 saturated carbocycles. The summed E-state index contributed by atoms with van der Waals surface area (Å²) in [6, 6.07) is 8.81. The minimum absolute atomic E-state index is 0.0973. The molecule has 0 spiro atoms. The summed E-state index contributed by atoms with van der Waals surface area (Å²) in [5.74, 6) is 0.833. The fourth-order valence-electron chi connectivity index (χ4n) is 4.17. The van der Waals surface area contributed by atoms with Crippen molar-refractivity contribution in [2.45, 2.75) is 32.2 Å². The first-order valence-electron chi connectivity index (χ1n) is 8.81. The van der Waals surface area contributed by atoms with Crippen molar-refractivity contribution in [3.63, 3.8) is 0 Å². The average Bonchev–Trinajstić information content (AvgIpc) is 2.91. The molecule has 0 amide bonds. The van der Waals surface area contributed by atoms with Gasteiger partial charge in [0.05, 0.1) is 5.52 Å². The van der Waals surface area contributed by atoms with Gasteiger partial charge in [-0.25, -0.2) is 0 Å². The lowest BCUT2D eigenvalue weighted by Crippen LogP contribution is -2.47. The fraction of sp³-hybridized carbons (Fsp3) is 0.526. The summed E-state index contributed by atoms with van der Waals surface area (Å²) in [5.41, 5.74) is 2.40. The Labute approximate surface area is 137 Å². The minimum atomic E-state index is 0.0973. The number of nitrogens with zero attached hydrogens (tertiary/aromatic N) is 2. The third kappa shape index (κ3) is 2.60. The second-order valence-corrected chi connectivity index (χ2v) is 6.91. The maximum Gasteiger partial charge on any atom is 0.227 e. The molecule has 2 heterocycles. The van der Waals surface area contributed by atoms with E-state index in [9.17, 15) is 4.79 Å². The van der Waals surface area contributed by atoms with E-state index < -0.39 is 0 Å². The smallest absolute Gasteiger partial charge is 0.227 e. The van der Waals surface area contributed by atoms with E-state index in [0.29, 0.717) is 6.04 Å². The average molecular weight is 311 g/mol. The van der Waals surface area contributed by atoms with E-state index in [0.717, 1.165) is 37.6 Å². The number of fused-ring (bicyclic) bond motifs is 1. The quantitative estimate of drug-likeness (QED) is 0.946. The molecule has 4 heteroatoms. The lowest BCUT2D eigenvalue weighted by atomic mass is 9.76. The summed E-state index contributed by atoms with van der Waals surface area (Å²) in [6.07, 6.45) is 6.08. The number of rotatable bonds is 3. The number of hydrogen-bond acceptors (Lipinski definition) is 3. The van der Waals surface area contributed by atoms with Crippen molar-refractivity contribution in [3.8, 4) is 0 Å². The van der Waals surface area contributed by atoms with Crippen molar-refractivity contribution in [1.29, 1.82) is 0 Å². The third-order valence-corrected chi connectivity index (χ3v) is 5.54. The van der Waals surface area contributed by atoms with Gasteiger partial charge in [-0.1, -0.05) is 24.6 Å². The van der Waals surface area contributed by atoms with Gasteiger partial charge in [-0.3, -0.25) is 14.3 Å². The normalized spacial score (nSPS) is 21.3. The highest BCUT2D eigenvalue weighted by Gasteiger charge is 2.35. The zero-order valence-electron chi connectivity index (χ0n) is 13.8. The number of piperazine rings is 1. The molecule has 0 bridgehead atoms. The second kappa shape index (κ2) is 6.10. The maximum absolute atomic E-state index is 12.1. The summed E-state index contributed by atoms with van der Waals surface area (Å²) >= 11 is 0. The van der Waals surface area contributed by atoms with Crippen LogP contribution in [0.2, 0.25) is 0 Å². The summed E-state index contributed by atoms with van der Waals surface area (Å²) in [7, 11) is 0. The summed E-state index contributed by atoms with van der Waals surface area (Å²) in [5, 5.41) is 4.70. The van der Waals surface area contributed by atoms with Gasteiger partial charge < -0.3 is 5.32 Å². The van der Waals surface area contributed by atoms with Crippen molar-refractivity contribution >= 4 is 16.8 Å². The van der Waals surface area contributed by atoms with Crippen LogP contribution in [-0.4, -0.2) is 41.6 Å². The summed E-state index contributed by atoms with van der Waals surface area (Å²) in [4.78, 5) is 14.7. The molecule has 2 aromatic rings. The Morgan fingerprint density at radius 3 is 2.61 bits per heavy atom. The predicted molar refractivity (Wildman–Crippen MR) is 92.8 cm³/mol. The highest BCUT2D eigenvalue weighted by molar-refractivity contribution is 5.93. The van der Waals surface area contributed by atoms with Crippen molar-refractivity contribution in [2.75, 3.05) is 26.2 Å². The zero-order chi connectivity index (χ0) is 15.8. The van der Waals surface area contributed by atoms with Gasteiger partial charge in [0.15, 0.2) is 0 Å². The van der Waals surface area contributed by atoms with Crippen LogP contribution >= 0.6 is 0 Å². The van der Waals surface area contributed by atoms with E-state index in [2.05, 4.69) is 34.6 Å². The molecule has 1 atom stereocenters. The molecule has 4 rings (SSSR count). The molecule has 2 aliphatic rings. The van der Waals surface area contributed by atoms with Crippen LogP contribution in [0.25, 0.3) is 10.9 Å². The molecule has 1 N–H and O–H groups in total. The van der Waals surface area contributed by atoms with E-state index >= 15 is 0 Å². The van der Waals surface area contributed by atoms with Crippen molar-refractivity contribution in [3.05, 3.63) is 36.0 Å². The van der Waals surface area contributed by atoms with Crippen LogP contribution in [-0.2, 0) is 0 Å². The monoisotopic (exact) mass is 311 g/mol. The SMILES string of the molecule is CC(=O)n1cc([C@H](C2CCC2)N2CCNCC2)c2ccccc21. The second-order valence-electron chi connectivity index (χ2n) is 6.91. The van der Waals surface area contributed by atoms with Crippen LogP contribution < -0.4 is 5.32 Å². The molecule has 23 heavy (non-hydrogen) atoms. The highest BCUT2D eigenvalue weighted by Crippen LogP contribution is 2.44. The van der Waals surface area contributed by atoms with E-state index in [1.165, 1.54) is 30.2 Å². The predicted octanol–water partition coefficient (Wildman–Crippen LogP) is 3.05. The van der Waals surface area contributed by atoms with Crippen LogP contribution in [0, 0.1) is 5.92 Å². The molecule has 1 saturated heterocycles. The molecule has 0 unspecified atom stereocenters. The summed E-state index contributed by atoms with van der Waals surface area (Å²) in [6.45, 7) is 5.98. The minimum Gasteiger partial charge on any atom is -0.314 e. The van der Waals surface area contributed by atoms with Crippen molar-refractivity contribution in [2.24, 2.45) is 5.92 Å². The van der Waals surface area contributed by atoms with E-state index in [-0.39, 0.29) is 5.91 Å². The molecule has 122 valence electrons. The maximum atomic E-state index is 12.1. The fourth-order valence-corrected chi connectivity index (χ4v) is 4.17. The molecule has 1 aliphatic carbocycles. The van der Waals surface area contributed by atoms with E-state index in [1.54, 1.807) is 6.92 Å². The van der Waals surface area contributed by atoms with Gasteiger partial charge >= 0.3 is 0 Å². The van der Waals surface area contributed by atoms with Gasteiger partial charge in [0.2, 0.25) is 5.91 Å². The van der Waals surface area contributed by atoms with Crippen molar-refractivity contribution < 1.29 is 4.79 Å². The molecular weight excluding hydrogens is 286 g/mol. The number of carbonyl (C=O) groups is 1. The molecule has 1 aliphatic heterocycles. The van der Waals surface area contributed by atoms with Crippen LogP contribution in [0.5, 0.6) is 0 Å². The number of nitrogens with one attached hydrogen (secondary N) is 1. The highest BCUT2D eigenvalue weighted by atomic mass is 16.1. The number of carbonyl (C=O) groups excluding carboxylic acids is 1. The molecule has 0 radical (unpaired) electrons. The Kier molecular flexibility index (Phi) is 3.95. The van der Waals surface area contributed by atoms with Gasteiger partial charge in [-0.2, -0.15) is 0 Å². The number of benzene rings is 1. The lowest BCUT2D eigenvalue weighted by molar-refractivity contribution is 0.0840. The number of hydrogen-bond donors (Lipinski definition) is 1.